The van der Waals surface area contributed by atoms with Crippen molar-refractivity contribution in [1.82, 2.24) is 24.5 Å². The summed E-state index contributed by atoms with van der Waals surface area (Å²) in [6, 6.07) is 4.68. The van der Waals surface area contributed by atoms with Crippen LogP contribution in [-0.2, 0) is 13.1 Å². The van der Waals surface area contributed by atoms with Crippen LogP contribution in [0.4, 0.5) is 11.5 Å². The zero-order chi connectivity index (χ0) is 20.5. The topological polar surface area (TPSA) is 83.2 Å². The van der Waals surface area contributed by atoms with E-state index < -0.39 is 0 Å². The number of imidazole rings is 1. The van der Waals surface area contributed by atoms with Gasteiger partial charge in [-0.1, -0.05) is 13.3 Å². The van der Waals surface area contributed by atoms with Crippen LogP contribution in [0.3, 0.4) is 0 Å². The van der Waals surface area contributed by atoms with Crippen molar-refractivity contribution in [2.75, 3.05) is 22.9 Å². The number of fused-ring (bicyclic) bond motifs is 4. The van der Waals surface area contributed by atoms with E-state index in [1.165, 1.54) is 18.5 Å². The molecule has 0 aliphatic carbocycles. The number of aromatic nitrogens is 5. The summed E-state index contributed by atoms with van der Waals surface area (Å²) in [5.41, 5.74) is 4.00. The lowest BCUT2D eigenvalue weighted by Crippen LogP contribution is -2.37. The number of hydrogen-bond acceptors (Lipinski definition) is 7. The Morgan fingerprint density at radius 1 is 1.20 bits per heavy atom. The summed E-state index contributed by atoms with van der Waals surface area (Å²) in [6.45, 7) is 5.51. The first kappa shape index (κ1) is 19.2. The lowest BCUT2D eigenvalue weighted by molar-refractivity contribution is 0.148. The molecule has 5 rings (SSSR count). The lowest BCUT2D eigenvalue weighted by Gasteiger charge is -2.27. The van der Waals surface area contributed by atoms with Crippen LogP contribution in [-0.4, -0.2) is 54.8 Å². The molecular weight excluding hydrogens is 378 g/mol. The minimum absolute atomic E-state index is 0.282. The molecular formula is C22H29N7O. The van der Waals surface area contributed by atoms with Gasteiger partial charge in [0, 0.05) is 31.9 Å². The predicted molar refractivity (Wildman–Crippen MR) is 117 cm³/mol. The van der Waals surface area contributed by atoms with Crippen molar-refractivity contribution >= 4 is 22.7 Å². The number of hydrogen-bond donors (Lipinski definition) is 1. The van der Waals surface area contributed by atoms with Crippen molar-refractivity contribution in [2.45, 2.75) is 64.3 Å². The average Bonchev–Trinajstić information content (AvgIpc) is 3.36. The summed E-state index contributed by atoms with van der Waals surface area (Å²) >= 11 is 0. The second-order valence-corrected chi connectivity index (χ2v) is 8.38. The number of pyridine rings is 1. The predicted octanol–water partition coefficient (Wildman–Crippen LogP) is 2.76. The van der Waals surface area contributed by atoms with Gasteiger partial charge >= 0.3 is 0 Å². The zero-order valence-corrected chi connectivity index (χ0v) is 17.5. The summed E-state index contributed by atoms with van der Waals surface area (Å²) in [4.78, 5) is 23.3. The van der Waals surface area contributed by atoms with Gasteiger partial charge in [0.25, 0.3) is 0 Å². The molecule has 5 heterocycles. The van der Waals surface area contributed by atoms with Crippen molar-refractivity contribution in [3.63, 3.8) is 0 Å². The highest BCUT2D eigenvalue weighted by Gasteiger charge is 2.33. The summed E-state index contributed by atoms with van der Waals surface area (Å²) in [5, 5.41) is 10.1. The van der Waals surface area contributed by atoms with Gasteiger partial charge in [0.2, 0.25) is 0 Å². The maximum Gasteiger partial charge on any atom is 0.165 e. The van der Waals surface area contributed by atoms with E-state index in [4.69, 9.17) is 0 Å². The molecule has 3 aromatic rings. The van der Waals surface area contributed by atoms with Gasteiger partial charge in [-0.3, -0.25) is 4.98 Å². The van der Waals surface area contributed by atoms with Gasteiger partial charge in [0.1, 0.15) is 6.33 Å². The second kappa shape index (κ2) is 8.18. The van der Waals surface area contributed by atoms with Gasteiger partial charge in [-0.05, 0) is 37.8 Å². The van der Waals surface area contributed by atoms with E-state index in [1.807, 2.05) is 23.2 Å². The van der Waals surface area contributed by atoms with Crippen molar-refractivity contribution in [2.24, 2.45) is 0 Å². The summed E-state index contributed by atoms with van der Waals surface area (Å²) in [5.74, 6) is 0.873. The Balaban J connectivity index is 1.46. The molecule has 158 valence electrons. The Hall–Kier alpha value is -2.74. The van der Waals surface area contributed by atoms with Crippen LogP contribution in [0.25, 0.3) is 11.2 Å². The van der Waals surface area contributed by atoms with Gasteiger partial charge < -0.3 is 19.5 Å². The second-order valence-electron chi connectivity index (χ2n) is 8.38. The first-order valence-corrected chi connectivity index (χ1v) is 11.0. The van der Waals surface area contributed by atoms with E-state index in [9.17, 15) is 5.11 Å². The Morgan fingerprint density at radius 2 is 2.13 bits per heavy atom. The first-order chi connectivity index (χ1) is 14.7. The van der Waals surface area contributed by atoms with Gasteiger partial charge in [0.05, 0.1) is 30.4 Å². The third-order valence-corrected chi connectivity index (χ3v) is 6.33. The molecule has 1 fully saturated rings. The molecule has 3 aromatic heterocycles. The van der Waals surface area contributed by atoms with Crippen molar-refractivity contribution < 1.29 is 5.11 Å². The van der Waals surface area contributed by atoms with Crippen LogP contribution in [0.15, 0.2) is 31.0 Å². The Labute approximate surface area is 176 Å². The molecule has 1 saturated heterocycles. The Kier molecular flexibility index (Phi) is 5.25. The molecule has 2 atom stereocenters. The van der Waals surface area contributed by atoms with Gasteiger partial charge in [0.15, 0.2) is 17.0 Å². The smallest absolute Gasteiger partial charge is 0.165 e. The quantitative estimate of drug-likeness (QED) is 0.673. The molecule has 0 saturated carbocycles. The fourth-order valence-corrected chi connectivity index (χ4v) is 4.85. The fourth-order valence-electron chi connectivity index (χ4n) is 4.85. The van der Waals surface area contributed by atoms with Gasteiger partial charge in [-0.25, -0.2) is 15.0 Å². The maximum absolute atomic E-state index is 10.1. The van der Waals surface area contributed by atoms with E-state index in [1.54, 1.807) is 6.33 Å². The van der Waals surface area contributed by atoms with Crippen LogP contribution in [0.1, 0.15) is 44.7 Å². The number of rotatable bonds is 6. The van der Waals surface area contributed by atoms with Crippen LogP contribution in [0.2, 0.25) is 0 Å². The summed E-state index contributed by atoms with van der Waals surface area (Å²) < 4.78 is 2.03. The molecule has 0 spiro atoms. The molecule has 2 aliphatic heterocycles. The molecule has 0 bridgehead atoms. The molecule has 8 heteroatoms. The van der Waals surface area contributed by atoms with E-state index in [0.717, 1.165) is 55.2 Å². The number of aryl methyl sites for hydroxylation is 1. The number of aliphatic hydroxyl groups is 1. The highest BCUT2D eigenvalue weighted by molar-refractivity contribution is 5.83. The monoisotopic (exact) mass is 407 g/mol. The molecule has 30 heavy (non-hydrogen) atoms. The van der Waals surface area contributed by atoms with E-state index in [-0.39, 0.29) is 6.10 Å². The standard InChI is InChI=1S/C22H29N7O/c1-2-5-17(30)8-11-27-15-26-20-21(27)24-14-25-22(20)28-12-16-6-4-10-29(16)19-7-3-9-23-18(19)13-28/h3,7,9,14-17,30H,2,4-6,8,10-13H2,1H3/t16-,17?/m0/s1. The highest BCUT2D eigenvalue weighted by Crippen LogP contribution is 2.34. The summed E-state index contributed by atoms with van der Waals surface area (Å²) in [7, 11) is 0. The van der Waals surface area contributed by atoms with Crippen LogP contribution in [0, 0.1) is 0 Å². The molecule has 8 nitrogen and oxygen atoms in total. The van der Waals surface area contributed by atoms with Crippen LogP contribution in [0.5, 0.6) is 0 Å². The largest absolute Gasteiger partial charge is 0.393 e. The third-order valence-electron chi connectivity index (χ3n) is 6.33. The van der Waals surface area contributed by atoms with Crippen molar-refractivity contribution in [3.8, 4) is 0 Å². The number of aliphatic hydroxyl groups excluding tert-OH is 1. The lowest BCUT2D eigenvalue weighted by atomic mass is 10.1. The minimum atomic E-state index is -0.282. The average molecular weight is 408 g/mol. The minimum Gasteiger partial charge on any atom is -0.393 e. The van der Waals surface area contributed by atoms with Crippen LogP contribution >= 0.6 is 0 Å². The van der Waals surface area contributed by atoms with E-state index >= 15 is 0 Å². The fraction of sp³-hybridized carbons (Fsp3) is 0.545. The molecule has 1 N–H and O–H groups in total. The summed E-state index contributed by atoms with van der Waals surface area (Å²) in [6.07, 6.45) is 9.96. The molecule has 0 amide bonds. The Bertz CT molecular complexity index is 1020. The Morgan fingerprint density at radius 3 is 3.03 bits per heavy atom. The van der Waals surface area contributed by atoms with Crippen LogP contribution < -0.4 is 9.80 Å². The normalized spacial score (nSPS) is 19.6. The van der Waals surface area contributed by atoms with Crippen molar-refractivity contribution in [3.05, 3.63) is 36.7 Å². The molecule has 0 aromatic carbocycles. The third kappa shape index (κ3) is 3.49. The molecule has 2 aliphatic rings. The maximum atomic E-state index is 10.1. The van der Waals surface area contributed by atoms with Gasteiger partial charge in [-0.15, -0.1) is 0 Å². The van der Waals surface area contributed by atoms with Crippen molar-refractivity contribution in [1.29, 1.82) is 0 Å². The van der Waals surface area contributed by atoms with E-state index in [0.29, 0.717) is 19.0 Å². The van der Waals surface area contributed by atoms with E-state index in [2.05, 4.69) is 42.7 Å². The zero-order valence-electron chi connectivity index (χ0n) is 17.5. The number of nitrogens with zero attached hydrogens (tertiary/aromatic N) is 7. The molecule has 0 radical (unpaired) electrons. The highest BCUT2D eigenvalue weighted by atomic mass is 16.3. The van der Waals surface area contributed by atoms with Gasteiger partial charge in [-0.2, -0.15) is 0 Å². The SMILES string of the molecule is CCCC(O)CCn1cnc2c(N3Cc4ncccc4N4CCC[C@H]4C3)ncnc21. The first-order valence-electron chi connectivity index (χ1n) is 11.0. The molecule has 1 unspecified atom stereocenters. The number of anilines is 2.